The maximum atomic E-state index is 13.7. The smallest absolute Gasteiger partial charge is 0.416 e. The Bertz CT molecular complexity index is 1110. The van der Waals surface area contributed by atoms with E-state index in [1.54, 1.807) is 18.3 Å². The highest BCUT2D eigenvalue weighted by Crippen LogP contribution is 2.29. The van der Waals surface area contributed by atoms with Crippen molar-refractivity contribution in [3.8, 4) is 0 Å². The monoisotopic (exact) mass is 408 g/mol. The molecule has 1 N–H and O–H groups in total. The van der Waals surface area contributed by atoms with Gasteiger partial charge in [0, 0.05) is 23.0 Å². The van der Waals surface area contributed by atoms with Gasteiger partial charge in [-0.25, -0.2) is 14.1 Å². The number of aromatic nitrogens is 1. The summed E-state index contributed by atoms with van der Waals surface area (Å²) < 4.78 is 24.3. The number of allylic oxidation sites excluding steroid dienone is 1. The molecule has 0 aliphatic carbocycles. The van der Waals surface area contributed by atoms with Crippen LogP contribution in [0.2, 0.25) is 0 Å². The van der Waals surface area contributed by atoms with Crippen molar-refractivity contribution in [2.45, 2.75) is 19.3 Å². The second-order valence-corrected chi connectivity index (χ2v) is 7.13. The zero-order valence-electron chi connectivity index (χ0n) is 16.4. The first-order valence-corrected chi connectivity index (χ1v) is 9.68. The van der Waals surface area contributed by atoms with Gasteiger partial charge in [-0.05, 0) is 35.4 Å². The first kappa shape index (κ1) is 19.7. The number of hydrogen-bond acceptors (Lipinski definition) is 4. The van der Waals surface area contributed by atoms with Gasteiger partial charge in [0.25, 0.3) is 0 Å². The highest BCUT2D eigenvalue weighted by Gasteiger charge is 2.29. The van der Waals surface area contributed by atoms with Crippen molar-refractivity contribution in [2.75, 3.05) is 13.2 Å². The molecule has 1 amide bonds. The molecule has 1 atom stereocenters. The summed E-state index contributed by atoms with van der Waals surface area (Å²) in [6, 6.07) is 13.7. The van der Waals surface area contributed by atoms with Crippen molar-refractivity contribution >= 4 is 23.0 Å². The van der Waals surface area contributed by atoms with E-state index in [1.165, 1.54) is 17.0 Å². The summed E-state index contributed by atoms with van der Waals surface area (Å²) in [5, 5.41) is 0.734. The molecule has 7 heteroatoms. The van der Waals surface area contributed by atoms with E-state index in [4.69, 9.17) is 9.47 Å². The zero-order chi connectivity index (χ0) is 21.1. The summed E-state index contributed by atoms with van der Waals surface area (Å²) in [5.74, 6) is -0.952. The number of benzene rings is 2. The average Bonchev–Trinajstić information content (AvgIpc) is 3.34. The van der Waals surface area contributed by atoms with E-state index >= 15 is 0 Å². The van der Waals surface area contributed by atoms with Crippen molar-refractivity contribution in [1.82, 2.24) is 9.88 Å². The minimum absolute atomic E-state index is 0.0771. The van der Waals surface area contributed by atoms with Crippen LogP contribution >= 0.6 is 0 Å². The lowest BCUT2D eigenvalue weighted by molar-refractivity contribution is -0.140. The first-order valence-electron chi connectivity index (χ1n) is 9.68. The van der Waals surface area contributed by atoms with Crippen molar-refractivity contribution in [3.63, 3.8) is 0 Å². The summed E-state index contributed by atoms with van der Waals surface area (Å²) >= 11 is 0. The van der Waals surface area contributed by atoms with E-state index in [1.807, 2.05) is 37.3 Å². The van der Waals surface area contributed by atoms with Crippen LogP contribution in [0.15, 0.2) is 66.7 Å². The standard InChI is InChI=1S/C23H21FN2O4/c1-15(19-14-25-20-8-7-17(24)13-18(19)20)11-21(26-9-10-29-23(26)28)30-22(27)12-16-5-3-2-4-6-16/h2-8,11,13-15,25H,9-10,12H2,1H3/b21-11-. The molecule has 154 valence electrons. The minimum Gasteiger partial charge on any atom is -0.447 e. The number of hydrogen-bond donors (Lipinski definition) is 1. The van der Waals surface area contributed by atoms with Gasteiger partial charge < -0.3 is 14.5 Å². The van der Waals surface area contributed by atoms with Crippen LogP contribution in [-0.2, 0) is 20.7 Å². The van der Waals surface area contributed by atoms with Crippen molar-refractivity contribution in [2.24, 2.45) is 0 Å². The number of rotatable bonds is 6. The number of amides is 1. The van der Waals surface area contributed by atoms with Gasteiger partial charge in [-0.2, -0.15) is 0 Å². The SMILES string of the molecule is CC(/C=C(\OC(=O)Cc1ccccc1)N1CCOC1=O)c1c[nH]c2ccc(F)cc12. The van der Waals surface area contributed by atoms with Crippen LogP contribution < -0.4 is 0 Å². The van der Waals surface area contributed by atoms with E-state index < -0.39 is 12.1 Å². The molecule has 2 heterocycles. The van der Waals surface area contributed by atoms with E-state index in [0.29, 0.717) is 6.54 Å². The van der Waals surface area contributed by atoms with Crippen molar-refractivity contribution in [3.05, 3.63) is 83.6 Å². The Morgan fingerprint density at radius 1 is 1.30 bits per heavy atom. The Balaban J connectivity index is 1.61. The molecular formula is C23H21FN2O4. The highest BCUT2D eigenvalue weighted by molar-refractivity contribution is 5.84. The molecular weight excluding hydrogens is 387 g/mol. The molecule has 0 spiro atoms. The summed E-state index contributed by atoms with van der Waals surface area (Å²) in [6.07, 6.45) is 2.99. The van der Waals surface area contributed by atoms with Crippen LogP contribution in [0, 0.1) is 5.82 Å². The lowest BCUT2D eigenvalue weighted by atomic mass is 10.00. The van der Waals surface area contributed by atoms with Gasteiger partial charge in [0.2, 0.25) is 5.88 Å². The molecule has 0 bridgehead atoms. The molecule has 1 unspecified atom stereocenters. The number of aromatic amines is 1. The maximum absolute atomic E-state index is 13.7. The molecule has 1 aromatic heterocycles. The van der Waals surface area contributed by atoms with Crippen molar-refractivity contribution in [1.29, 1.82) is 0 Å². The second-order valence-electron chi connectivity index (χ2n) is 7.13. The number of nitrogens with one attached hydrogen (secondary N) is 1. The third-order valence-electron chi connectivity index (χ3n) is 5.00. The molecule has 3 aromatic rings. The fourth-order valence-corrected chi connectivity index (χ4v) is 3.48. The number of carbonyl (C=O) groups excluding carboxylic acids is 2. The summed E-state index contributed by atoms with van der Waals surface area (Å²) in [6.45, 7) is 2.40. The lowest BCUT2D eigenvalue weighted by Crippen LogP contribution is -2.27. The largest absolute Gasteiger partial charge is 0.447 e. The van der Waals surface area contributed by atoms with Gasteiger partial charge in [-0.3, -0.25) is 4.79 Å². The van der Waals surface area contributed by atoms with Crippen LogP contribution in [0.4, 0.5) is 9.18 Å². The molecule has 1 aliphatic rings. The molecule has 0 saturated carbocycles. The van der Waals surface area contributed by atoms with E-state index in [-0.39, 0.29) is 30.6 Å². The Labute approximate surface area is 172 Å². The van der Waals surface area contributed by atoms with Crippen LogP contribution in [0.3, 0.4) is 0 Å². The lowest BCUT2D eigenvalue weighted by Gasteiger charge is -2.18. The summed E-state index contributed by atoms with van der Waals surface area (Å²) in [4.78, 5) is 29.0. The Morgan fingerprint density at radius 3 is 2.83 bits per heavy atom. The van der Waals surface area contributed by atoms with E-state index in [2.05, 4.69) is 4.98 Å². The third kappa shape index (κ3) is 4.20. The highest BCUT2D eigenvalue weighted by atomic mass is 19.1. The van der Waals surface area contributed by atoms with Gasteiger partial charge >= 0.3 is 12.1 Å². The molecule has 2 aromatic carbocycles. The van der Waals surface area contributed by atoms with Crippen LogP contribution in [-0.4, -0.2) is 35.1 Å². The van der Waals surface area contributed by atoms with Crippen molar-refractivity contribution < 1.29 is 23.5 Å². The van der Waals surface area contributed by atoms with Crippen LogP contribution in [0.25, 0.3) is 10.9 Å². The maximum Gasteiger partial charge on any atom is 0.416 e. The van der Waals surface area contributed by atoms with E-state index in [9.17, 15) is 14.0 Å². The molecule has 1 fully saturated rings. The Kier molecular flexibility index (Phi) is 5.52. The number of fused-ring (bicyclic) bond motifs is 1. The minimum atomic E-state index is -0.564. The van der Waals surface area contributed by atoms with Gasteiger partial charge in [0.15, 0.2) is 0 Å². The number of cyclic esters (lactones) is 1. The van der Waals surface area contributed by atoms with Gasteiger partial charge in [0.05, 0.1) is 13.0 Å². The van der Waals surface area contributed by atoms with Crippen LogP contribution in [0.1, 0.15) is 24.0 Å². The fraction of sp³-hybridized carbons (Fsp3) is 0.217. The molecule has 1 aliphatic heterocycles. The predicted molar refractivity (Wildman–Crippen MR) is 109 cm³/mol. The topological polar surface area (TPSA) is 71.6 Å². The molecule has 6 nitrogen and oxygen atoms in total. The first-order chi connectivity index (χ1) is 14.5. The fourth-order valence-electron chi connectivity index (χ4n) is 3.48. The van der Waals surface area contributed by atoms with Crippen LogP contribution in [0.5, 0.6) is 0 Å². The quantitative estimate of drug-likeness (QED) is 0.482. The summed E-state index contributed by atoms with van der Waals surface area (Å²) in [5.41, 5.74) is 2.44. The number of nitrogens with zero attached hydrogens (tertiary/aromatic N) is 1. The number of esters is 1. The second kappa shape index (κ2) is 8.41. The average molecular weight is 408 g/mol. The van der Waals surface area contributed by atoms with Gasteiger partial charge in [0.1, 0.15) is 12.4 Å². The third-order valence-corrected chi connectivity index (χ3v) is 5.00. The normalized spacial score (nSPS) is 15.3. The molecule has 4 rings (SSSR count). The predicted octanol–water partition coefficient (Wildman–Crippen LogP) is 4.49. The number of halogens is 1. The summed E-state index contributed by atoms with van der Waals surface area (Å²) in [7, 11) is 0. The molecule has 0 radical (unpaired) electrons. The van der Waals surface area contributed by atoms with E-state index in [0.717, 1.165) is 22.0 Å². The number of ether oxygens (including phenoxy) is 2. The molecule has 30 heavy (non-hydrogen) atoms. The number of carbonyl (C=O) groups is 2. The Hall–Kier alpha value is -3.61. The zero-order valence-corrected chi connectivity index (χ0v) is 16.4. The molecule has 1 saturated heterocycles. The van der Waals surface area contributed by atoms with Gasteiger partial charge in [-0.15, -0.1) is 0 Å². The van der Waals surface area contributed by atoms with Gasteiger partial charge in [-0.1, -0.05) is 37.3 Å². The number of H-pyrrole nitrogens is 1. The Morgan fingerprint density at radius 2 is 2.10 bits per heavy atom.